The van der Waals surface area contributed by atoms with E-state index in [-0.39, 0.29) is 12.1 Å². The van der Waals surface area contributed by atoms with E-state index in [9.17, 15) is 0 Å². The van der Waals surface area contributed by atoms with E-state index in [0.29, 0.717) is 0 Å². The van der Waals surface area contributed by atoms with E-state index in [0.717, 1.165) is 78.4 Å². The second-order valence-electron chi connectivity index (χ2n) is 14.1. The number of furan rings is 1. The zero-order valence-electron chi connectivity index (χ0n) is 27.5. The van der Waals surface area contributed by atoms with Crippen molar-refractivity contribution in [2.75, 3.05) is 4.90 Å². The quantitative estimate of drug-likeness (QED) is 0.181. The Morgan fingerprint density at radius 1 is 0.531 bits per heavy atom. The van der Waals surface area contributed by atoms with Gasteiger partial charge in [-0.3, -0.25) is 0 Å². The van der Waals surface area contributed by atoms with Gasteiger partial charge < -0.3 is 18.8 Å². The SMILES string of the molecule is CC(C)(C)c1cc2ccccc2cc1N(c1cc2c3c(c1)Oc1ccccc1B3c1ccccc1O2)c1cccc2c1oc1ccccc12. The van der Waals surface area contributed by atoms with E-state index in [2.05, 4.69) is 141 Å². The summed E-state index contributed by atoms with van der Waals surface area (Å²) in [5.74, 6) is 3.33. The van der Waals surface area contributed by atoms with E-state index >= 15 is 0 Å². The summed E-state index contributed by atoms with van der Waals surface area (Å²) in [7, 11) is 0. The van der Waals surface area contributed by atoms with Gasteiger partial charge in [0.25, 0.3) is 6.71 Å². The summed E-state index contributed by atoms with van der Waals surface area (Å²) in [4.78, 5) is 2.34. The number of benzene rings is 7. The van der Waals surface area contributed by atoms with Gasteiger partial charge in [-0.15, -0.1) is 0 Å². The maximum absolute atomic E-state index is 6.77. The van der Waals surface area contributed by atoms with Crippen molar-refractivity contribution in [2.45, 2.75) is 26.2 Å². The van der Waals surface area contributed by atoms with Gasteiger partial charge in [0, 0.05) is 28.4 Å². The van der Waals surface area contributed by atoms with Crippen molar-refractivity contribution in [3.05, 3.63) is 145 Å². The molecule has 0 saturated carbocycles. The molecule has 8 aromatic rings. The molecule has 0 saturated heterocycles. The van der Waals surface area contributed by atoms with Gasteiger partial charge in [-0.2, -0.15) is 0 Å². The summed E-state index contributed by atoms with van der Waals surface area (Å²) < 4.78 is 20.3. The Labute approximate surface area is 285 Å². The summed E-state index contributed by atoms with van der Waals surface area (Å²) in [6.45, 7) is 6.85. The van der Waals surface area contributed by atoms with Crippen LogP contribution >= 0.6 is 0 Å². The van der Waals surface area contributed by atoms with Gasteiger partial charge in [-0.05, 0) is 69.1 Å². The standard InChI is InChI=1S/C44H32BNO3/c1-44(2,3)32-23-27-13-4-5-14-28(27)24-36(32)46(35-19-12-16-31-30-15-6-9-20-37(30)49-43(31)35)29-25-40-42-41(26-29)48-39-22-11-8-18-34(39)45(42)33-17-7-10-21-38(33)47-40/h4-26H,1-3H3. The van der Waals surface area contributed by atoms with Crippen molar-refractivity contribution in [3.8, 4) is 23.0 Å². The highest BCUT2D eigenvalue weighted by Crippen LogP contribution is 2.48. The van der Waals surface area contributed by atoms with E-state index < -0.39 is 0 Å². The van der Waals surface area contributed by atoms with Crippen molar-refractivity contribution < 1.29 is 13.9 Å². The van der Waals surface area contributed by atoms with E-state index in [1.807, 2.05) is 24.3 Å². The molecule has 0 aliphatic carbocycles. The van der Waals surface area contributed by atoms with Crippen LogP contribution in [0.5, 0.6) is 23.0 Å². The Balaban J connectivity index is 1.29. The number of hydrogen-bond acceptors (Lipinski definition) is 4. The number of rotatable bonds is 3. The summed E-state index contributed by atoms with van der Waals surface area (Å²) >= 11 is 0. The monoisotopic (exact) mass is 633 g/mol. The molecule has 0 bridgehead atoms. The fourth-order valence-electron chi connectivity index (χ4n) is 7.84. The zero-order chi connectivity index (χ0) is 32.9. The van der Waals surface area contributed by atoms with Gasteiger partial charge in [0.1, 0.15) is 28.6 Å². The van der Waals surface area contributed by atoms with Crippen LogP contribution in [0.25, 0.3) is 32.7 Å². The predicted molar refractivity (Wildman–Crippen MR) is 202 cm³/mol. The Hall–Kier alpha value is -5.94. The maximum atomic E-state index is 6.77. The molecule has 49 heavy (non-hydrogen) atoms. The van der Waals surface area contributed by atoms with Crippen LogP contribution in [-0.4, -0.2) is 6.71 Å². The molecule has 1 aromatic heterocycles. The van der Waals surface area contributed by atoms with Gasteiger partial charge in [-0.1, -0.05) is 112 Å². The third-order valence-electron chi connectivity index (χ3n) is 10.1. The molecule has 0 spiro atoms. The lowest BCUT2D eigenvalue weighted by molar-refractivity contribution is 0.465. The van der Waals surface area contributed by atoms with Crippen LogP contribution in [0.1, 0.15) is 26.3 Å². The van der Waals surface area contributed by atoms with Crippen molar-refractivity contribution in [2.24, 2.45) is 0 Å². The van der Waals surface area contributed by atoms with Crippen LogP contribution in [0.2, 0.25) is 0 Å². The van der Waals surface area contributed by atoms with Crippen LogP contribution < -0.4 is 30.8 Å². The number of ether oxygens (including phenoxy) is 2. The van der Waals surface area contributed by atoms with E-state index in [1.165, 1.54) is 16.3 Å². The second-order valence-corrected chi connectivity index (χ2v) is 14.1. The first-order valence-corrected chi connectivity index (χ1v) is 16.9. The number of para-hydroxylation sites is 4. The minimum absolute atomic E-state index is 0.00649. The van der Waals surface area contributed by atoms with Crippen LogP contribution in [0.4, 0.5) is 17.1 Å². The third-order valence-corrected chi connectivity index (χ3v) is 10.1. The summed E-state index contributed by atoms with van der Waals surface area (Å²) in [5, 5.41) is 4.55. The van der Waals surface area contributed by atoms with Crippen LogP contribution in [0.3, 0.4) is 0 Å². The molecule has 0 amide bonds. The second kappa shape index (κ2) is 10.3. The zero-order valence-corrected chi connectivity index (χ0v) is 27.5. The topological polar surface area (TPSA) is 34.8 Å². The number of nitrogens with zero attached hydrogens (tertiary/aromatic N) is 1. The molecule has 0 fully saturated rings. The van der Waals surface area contributed by atoms with Crippen LogP contribution in [-0.2, 0) is 5.41 Å². The van der Waals surface area contributed by atoms with Gasteiger partial charge in [-0.25, -0.2) is 0 Å². The smallest absolute Gasteiger partial charge is 0.260 e. The van der Waals surface area contributed by atoms with Gasteiger partial charge in [0.15, 0.2) is 5.58 Å². The minimum atomic E-state index is -0.169. The Bertz CT molecular complexity index is 2560. The molecule has 0 atom stereocenters. The summed E-state index contributed by atoms with van der Waals surface area (Å²) in [5.41, 5.74) is 9.06. The van der Waals surface area contributed by atoms with Crippen molar-refractivity contribution in [3.63, 3.8) is 0 Å². The van der Waals surface area contributed by atoms with E-state index in [1.54, 1.807) is 0 Å². The Morgan fingerprint density at radius 3 is 1.82 bits per heavy atom. The lowest BCUT2D eigenvalue weighted by Crippen LogP contribution is -2.57. The van der Waals surface area contributed by atoms with Gasteiger partial charge in [0.2, 0.25) is 0 Å². The molecule has 2 aliphatic heterocycles. The molecular formula is C44H32BNO3. The molecule has 7 aromatic carbocycles. The first-order valence-electron chi connectivity index (χ1n) is 16.9. The van der Waals surface area contributed by atoms with E-state index in [4.69, 9.17) is 13.9 Å². The van der Waals surface area contributed by atoms with Gasteiger partial charge >= 0.3 is 0 Å². The van der Waals surface area contributed by atoms with Crippen molar-refractivity contribution >= 4 is 72.9 Å². The lowest BCUT2D eigenvalue weighted by Gasteiger charge is -2.36. The highest BCUT2D eigenvalue weighted by molar-refractivity contribution is 6.98. The number of fused-ring (bicyclic) bond motifs is 8. The Morgan fingerprint density at radius 2 is 1.12 bits per heavy atom. The molecular weight excluding hydrogens is 601 g/mol. The number of anilines is 3. The molecule has 0 N–H and O–H groups in total. The van der Waals surface area contributed by atoms with Gasteiger partial charge in [0.05, 0.1) is 17.1 Å². The molecule has 2 aliphatic rings. The lowest BCUT2D eigenvalue weighted by atomic mass is 9.35. The number of hydrogen-bond donors (Lipinski definition) is 0. The normalized spacial score (nSPS) is 13.1. The molecule has 234 valence electrons. The average molecular weight is 634 g/mol. The fourth-order valence-corrected chi connectivity index (χ4v) is 7.84. The van der Waals surface area contributed by atoms with Crippen molar-refractivity contribution in [1.29, 1.82) is 0 Å². The average Bonchev–Trinajstić information content (AvgIpc) is 3.50. The molecule has 0 radical (unpaired) electrons. The first kappa shape index (κ1) is 28.1. The molecule has 3 heterocycles. The van der Waals surface area contributed by atoms with Crippen LogP contribution in [0.15, 0.2) is 144 Å². The minimum Gasteiger partial charge on any atom is -0.458 e. The molecule has 4 nitrogen and oxygen atoms in total. The highest BCUT2D eigenvalue weighted by Gasteiger charge is 2.41. The third kappa shape index (κ3) is 4.25. The maximum Gasteiger partial charge on any atom is 0.260 e. The summed E-state index contributed by atoms with van der Waals surface area (Å²) in [6.07, 6.45) is 0. The van der Waals surface area contributed by atoms with Crippen molar-refractivity contribution in [1.82, 2.24) is 0 Å². The molecule has 10 rings (SSSR count). The largest absolute Gasteiger partial charge is 0.458 e. The molecule has 5 heteroatoms. The Kier molecular flexibility index (Phi) is 5.90. The predicted octanol–water partition coefficient (Wildman–Crippen LogP) is 10.2. The highest BCUT2D eigenvalue weighted by atomic mass is 16.5. The fraction of sp³-hybridized carbons (Fsp3) is 0.0909. The summed E-state index contributed by atoms with van der Waals surface area (Å²) in [6, 6.07) is 49.0. The van der Waals surface area contributed by atoms with Crippen LogP contribution in [0, 0.1) is 0 Å². The first-order chi connectivity index (χ1) is 23.9. The molecule has 0 unspecified atom stereocenters.